The van der Waals surface area contributed by atoms with E-state index < -0.39 is 0 Å². The van der Waals surface area contributed by atoms with E-state index in [4.69, 9.17) is 16.3 Å². The Kier molecular flexibility index (Phi) is 5.96. The SMILES string of the molecule is COc1ccc(CSCC(=O)Nc2cccc(Cl)c2)cc1. The van der Waals surface area contributed by atoms with Gasteiger partial charge in [-0.1, -0.05) is 29.8 Å². The Morgan fingerprint density at radius 3 is 2.67 bits per heavy atom. The Labute approximate surface area is 133 Å². The lowest BCUT2D eigenvalue weighted by molar-refractivity contribution is -0.113. The number of rotatable bonds is 6. The summed E-state index contributed by atoms with van der Waals surface area (Å²) in [4.78, 5) is 11.8. The van der Waals surface area contributed by atoms with Crippen LogP contribution in [0.2, 0.25) is 5.02 Å². The number of carbonyl (C=O) groups is 1. The van der Waals surface area contributed by atoms with Crippen molar-refractivity contribution < 1.29 is 9.53 Å². The fourth-order valence-corrected chi connectivity index (χ4v) is 2.72. The number of methoxy groups -OCH3 is 1. The monoisotopic (exact) mass is 321 g/mol. The van der Waals surface area contributed by atoms with Crippen LogP contribution in [0.25, 0.3) is 0 Å². The van der Waals surface area contributed by atoms with Gasteiger partial charge in [-0.05, 0) is 35.9 Å². The fourth-order valence-electron chi connectivity index (χ4n) is 1.75. The summed E-state index contributed by atoms with van der Waals surface area (Å²) in [5.74, 6) is 1.99. The molecule has 0 radical (unpaired) electrons. The normalized spacial score (nSPS) is 10.2. The van der Waals surface area contributed by atoms with Gasteiger partial charge in [0.05, 0.1) is 12.9 Å². The predicted octanol–water partition coefficient (Wildman–Crippen LogP) is 4.22. The number of hydrogen-bond donors (Lipinski definition) is 1. The second kappa shape index (κ2) is 7.96. The van der Waals surface area contributed by atoms with Crippen molar-refractivity contribution in [1.82, 2.24) is 0 Å². The summed E-state index contributed by atoms with van der Waals surface area (Å²) in [6, 6.07) is 15.0. The molecule has 0 aliphatic heterocycles. The van der Waals surface area contributed by atoms with Gasteiger partial charge in [-0.15, -0.1) is 11.8 Å². The molecule has 0 saturated carbocycles. The first-order valence-corrected chi connectivity index (χ1v) is 7.97. The van der Waals surface area contributed by atoms with Crippen molar-refractivity contribution in [1.29, 1.82) is 0 Å². The van der Waals surface area contributed by atoms with E-state index in [1.165, 1.54) is 0 Å². The van der Waals surface area contributed by atoms with Crippen LogP contribution in [0.1, 0.15) is 5.56 Å². The average molecular weight is 322 g/mol. The molecule has 0 aliphatic carbocycles. The van der Waals surface area contributed by atoms with Crippen LogP contribution in [0.3, 0.4) is 0 Å². The van der Waals surface area contributed by atoms with E-state index in [9.17, 15) is 4.79 Å². The van der Waals surface area contributed by atoms with Crippen molar-refractivity contribution in [2.24, 2.45) is 0 Å². The predicted molar refractivity (Wildman–Crippen MR) is 89.2 cm³/mol. The summed E-state index contributed by atoms with van der Waals surface area (Å²) in [6.07, 6.45) is 0. The van der Waals surface area contributed by atoms with Gasteiger partial charge in [0.2, 0.25) is 5.91 Å². The molecular formula is C16H16ClNO2S. The van der Waals surface area contributed by atoms with Crippen LogP contribution in [0.4, 0.5) is 5.69 Å². The van der Waals surface area contributed by atoms with Gasteiger partial charge in [0.1, 0.15) is 5.75 Å². The van der Waals surface area contributed by atoms with Gasteiger partial charge in [-0.3, -0.25) is 4.79 Å². The van der Waals surface area contributed by atoms with E-state index in [-0.39, 0.29) is 5.91 Å². The quantitative estimate of drug-likeness (QED) is 0.865. The Bertz CT molecular complexity index is 601. The minimum absolute atomic E-state index is 0.0317. The Morgan fingerprint density at radius 2 is 2.00 bits per heavy atom. The maximum atomic E-state index is 11.8. The number of amides is 1. The summed E-state index contributed by atoms with van der Waals surface area (Å²) in [7, 11) is 1.64. The number of ether oxygens (including phenoxy) is 1. The molecule has 0 atom stereocenters. The van der Waals surface area contributed by atoms with Crippen molar-refractivity contribution in [3.8, 4) is 5.75 Å². The first kappa shape index (κ1) is 15.7. The smallest absolute Gasteiger partial charge is 0.234 e. The zero-order valence-corrected chi connectivity index (χ0v) is 13.2. The molecule has 1 N–H and O–H groups in total. The highest BCUT2D eigenvalue weighted by Gasteiger charge is 2.03. The van der Waals surface area contributed by atoms with Crippen LogP contribution in [0.15, 0.2) is 48.5 Å². The molecule has 2 aromatic carbocycles. The number of nitrogens with one attached hydrogen (secondary N) is 1. The number of anilines is 1. The molecule has 0 spiro atoms. The minimum atomic E-state index is -0.0317. The highest BCUT2D eigenvalue weighted by Crippen LogP contribution is 2.18. The summed E-state index contributed by atoms with van der Waals surface area (Å²) < 4.78 is 5.11. The van der Waals surface area contributed by atoms with Gasteiger partial charge >= 0.3 is 0 Å². The first-order valence-electron chi connectivity index (χ1n) is 6.43. The maximum absolute atomic E-state index is 11.8. The number of halogens is 1. The number of benzene rings is 2. The lowest BCUT2D eigenvalue weighted by Gasteiger charge is -2.06. The van der Waals surface area contributed by atoms with E-state index >= 15 is 0 Å². The minimum Gasteiger partial charge on any atom is -0.497 e. The van der Waals surface area contributed by atoms with Crippen LogP contribution in [0, 0.1) is 0 Å². The average Bonchev–Trinajstić information content (AvgIpc) is 2.48. The summed E-state index contributed by atoms with van der Waals surface area (Å²) in [5.41, 5.74) is 1.88. The molecule has 0 aliphatic rings. The molecule has 5 heteroatoms. The molecule has 3 nitrogen and oxygen atoms in total. The molecule has 0 bridgehead atoms. The second-order valence-corrected chi connectivity index (χ2v) is 5.82. The van der Waals surface area contributed by atoms with E-state index in [0.29, 0.717) is 10.8 Å². The van der Waals surface area contributed by atoms with E-state index in [1.807, 2.05) is 36.4 Å². The summed E-state index contributed by atoms with van der Waals surface area (Å²) >= 11 is 7.44. The third kappa shape index (κ3) is 5.33. The number of thioether (sulfide) groups is 1. The standard InChI is InChI=1S/C16H16ClNO2S/c1-20-15-7-5-12(6-8-15)10-21-11-16(19)18-14-4-2-3-13(17)9-14/h2-9H,10-11H2,1H3,(H,18,19). The molecule has 110 valence electrons. The largest absolute Gasteiger partial charge is 0.497 e. The lowest BCUT2D eigenvalue weighted by Crippen LogP contribution is -2.14. The van der Waals surface area contributed by atoms with E-state index in [2.05, 4.69) is 5.32 Å². The second-order valence-electron chi connectivity index (χ2n) is 4.40. The zero-order chi connectivity index (χ0) is 15.1. The van der Waals surface area contributed by atoms with E-state index in [1.54, 1.807) is 31.0 Å². The maximum Gasteiger partial charge on any atom is 0.234 e. The van der Waals surface area contributed by atoms with Crippen LogP contribution >= 0.6 is 23.4 Å². The van der Waals surface area contributed by atoms with Crippen molar-refractivity contribution in [3.05, 3.63) is 59.1 Å². The van der Waals surface area contributed by atoms with Crippen LogP contribution in [-0.4, -0.2) is 18.8 Å². The van der Waals surface area contributed by atoms with Crippen LogP contribution < -0.4 is 10.1 Å². The number of hydrogen-bond acceptors (Lipinski definition) is 3. The molecule has 0 heterocycles. The fraction of sp³-hybridized carbons (Fsp3) is 0.188. The van der Waals surface area contributed by atoms with Crippen molar-refractivity contribution in [3.63, 3.8) is 0 Å². The van der Waals surface area contributed by atoms with Crippen molar-refractivity contribution in [2.75, 3.05) is 18.2 Å². The summed E-state index contributed by atoms with van der Waals surface area (Å²) in [5, 5.41) is 3.43. The molecular weight excluding hydrogens is 306 g/mol. The van der Waals surface area contributed by atoms with Crippen LogP contribution in [-0.2, 0) is 10.5 Å². The molecule has 0 aromatic heterocycles. The molecule has 0 unspecified atom stereocenters. The van der Waals surface area contributed by atoms with Gasteiger partial charge in [-0.2, -0.15) is 0 Å². The third-order valence-electron chi connectivity index (χ3n) is 2.77. The number of carbonyl (C=O) groups excluding carboxylic acids is 1. The van der Waals surface area contributed by atoms with Gasteiger partial charge in [0.15, 0.2) is 0 Å². The molecule has 0 saturated heterocycles. The Balaban J connectivity index is 1.76. The van der Waals surface area contributed by atoms with Crippen molar-refractivity contribution in [2.45, 2.75) is 5.75 Å². The lowest BCUT2D eigenvalue weighted by atomic mass is 10.2. The molecule has 2 rings (SSSR count). The van der Waals surface area contributed by atoms with Gasteiger partial charge in [0, 0.05) is 16.5 Å². The van der Waals surface area contributed by atoms with E-state index in [0.717, 1.165) is 22.8 Å². The summed E-state index contributed by atoms with van der Waals surface area (Å²) in [6.45, 7) is 0. The van der Waals surface area contributed by atoms with Gasteiger partial charge in [0.25, 0.3) is 0 Å². The molecule has 21 heavy (non-hydrogen) atoms. The molecule has 1 amide bonds. The Hall–Kier alpha value is -1.65. The topological polar surface area (TPSA) is 38.3 Å². The first-order chi connectivity index (χ1) is 10.2. The Morgan fingerprint density at radius 1 is 1.24 bits per heavy atom. The third-order valence-corrected chi connectivity index (χ3v) is 4.01. The van der Waals surface area contributed by atoms with Gasteiger partial charge in [-0.25, -0.2) is 0 Å². The molecule has 0 fully saturated rings. The van der Waals surface area contributed by atoms with Crippen LogP contribution in [0.5, 0.6) is 5.75 Å². The molecule has 2 aromatic rings. The highest BCUT2D eigenvalue weighted by molar-refractivity contribution is 7.99. The van der Waals surface area contributed by atoms with Gasteiger partial charge < -0.3 is 10.1 Å². The highest BCUT2D eigenvalue weighted by atomic mass is 35.5. The van der Waals surface area contributed by atoms with Crippen molar-refractivity contribution >= 4 is 35.0 Å². The zero-order valence-electron chi connectivity index (χ0n) is 11.6.